The van der Waals surface area contributed by atoms with Gasteiger partial charge in [-0.15, -0.1) is 0 Å². The zero-order chi connectivity index (χ0) is 13.1. The van der Waals surface area contributed by atoms with Crippen LogP contribution in [0.3, 0.4) is 0 Å². The number of rotatable bonds is 1. The Labute approximate surface area is 101 Å². The van der Waals surface area contributed by atoms with Crippen LogP contribution in [0.1, 0.15) is 24.2 Å². The minimum Gasteiger partial charge on any atom is -0.330 e. The Balaban J connectivity index is 2.18. The smallest absolute Gasteiger partial charge is 0.330 e. The number of halogens is 3. The molecule has 0 saturated heterocycles. The first-order valence-electron chi connectivity index (χ1n) is 5.64. The molecule has 0 bridgehead atoms. The third-order valence-electron chi connectivity index (χ3n) is 3.44. The van der Waals surface area contributed by atoms with E-state index in [0.29, 0.717) is 16.9 Å². The Morgan fingerprint density at radius 3 is 2.56 bits per heavy atom. The Morgan fingerprint density at radius 1 is 1.33 bits per heavy atom. The number of imidazole rings is 1. The molecule has 6 heteroatoms. The summed E-state index contributed by atoms with van der Waals surface area (Å²) in [6.45, 7) is 0. The van der Waals surface area contributed by atoms with Crippen molar-refractivity contribution in [1.29, 1.82) is 0 Å². The summed E-state index contributed by atoms with van der Waals surface area (Å²) in [5.41, 5.74) is 5.94. The molecular weight excluding hydrogens is 243 g/mol. The molecule has 1 aromatic carbocycles. The summed E-state index contributed by atoms with van der Waals surface area (Å²) >= 11 is 0. The predicted octanol–water partition coefficient (Wildman–Crippen LogP) is 2.54. The van der Waals surface area contributed by atoms with Crippen molar-refractivity contribution in [1.82, 2.24) is 9.55 Å². The lowest BCUT2D eigenvalue weighted by Gasteiger charge is -2.08. The largest absolute Gasteiger partial charge is 0.416 e. The molecule has 0 aliphatic heterocycles. The van der Waals surface area contributed by atoms with E-state index in [9.17, 15) is 13.2 Å². The third kappa shape index (κ3) is 1.59. The number of aromatic nitrogens is 2. The maximum Gasteiger partial charge on any atom is 0.416 e. The highest BCUT2D eigenvalue weighted by Gasteiger charge is 2.44. The second-order valence-corrected chi connectivity index (χ2v) is 4.85. The summed E-state index contributed by atoms with van der Waals surface area (Å²) in [6.07, 6.45) is -2.68. The van der Waals surface area contributed by atoms with Crippen LogP contribution in [0.2, 0.25) is 0 Å². The lowest BCUT2D eigenvalue weighted by molar-refractivity contribution is -0.137. The average Bonchev–Trinajstić information content (AvgIpc) is 2.93. The lowest BCUT2D eigenvalue weighted by atomic mass is 10.2. The average molecular weight is 255 g/mol. The van der Waals surface area contributed by atoms with Gasteiger partial charge in [0.25, 0.3) is 0 Å². The van der Waals surface area contributed by atoms with Crippen LogP contribution < -0.4 is 5.73 Å². The van der Waals surface area contributed by atoms with Crippen molar-refractivity contribution >= 4 is 11.0 Å². The van der Waals surface area contributed by atoms with E-state index in [1.165, 1.54) is 6.07 Å². The standard InChI is InChI=1S/C12H12F3N3/c1-18-9-3-2-7(12(13,14)15)6-8(9)17-10(18)11(16)4-5-11/h2-3,6H,4-5,16H2,1H3. The Hall–Kier alpha value is -1.56. The van der Waals surface area contributed by atoms with Gasteiger partial charge in [-0.05, 0) is 31.0 Å². The van der Waals surface area contributed by atoms with Crippen LogP contribution in [0, 0.1) is 0 Å². The van der Waals surface area contributed by atoms with Gasteiger partial charge in [0.2, 0.25) is 0 Å². The van der Waals surface area contributed by atoms with Crippen molar-refractivity contribution in [3.8, 4) is 0 Å². The molecule has 1 heterocycles. The topological polar surface area (TPSA) is 43.8 Å². The number of benzene rings is 1. The van der Waals surface area contributed by atoms with Crippen LogP contribution >= 0.6 is 0 Å². The van der Waals surface area contributed by atoms with Crippen LogP contribution in [-0.2, 0) is 18.8 Å². The van der Waals surface area contributed by atoms with E-state index in [1.807, 2.05) is 0 Å². The van der Waals surface area contributed by atoms with Crippen molar-refractivity contribution in [2.75, 3.05) is 0 Å². The molecule has 1 fully saturated rings. The summed E-state index contributed by atoms with van der Waals surface area (Å²) in [4.78, 5) is 4.26. The number of hydrogen-bond acceptors (Lipinski definition) is 2. The predicted molar refractivity (Wildman–Crippen MR) is 60.8 cm³/mol. The molecule has 1 saturated carbocycles. The summed E-state index contributed by atoms with van der Waals surface area (Å²) in [7, 11) is 1.78. The molecule has 0 unspecified atom stereocenters. The normalized spacial score (nSPS) is 18.3. The first kappa shape index (κ1) is 11.5. The van der Waals surface area contributed by atoms with Crippen LogP contribution in [0.5, 0.6) is 0 Å². The number of hydrogen-bond donors (Lipinski definition) is 1. The molecule has 0 atom stereocenters. The minimum atomic E-state index is -4.34. The molecule has 0 radical (unpaired) electrons. The van der Waals surface area contributed by atoms with E-state index >= 15 is 0 Å². The fourth-order valence-electron chi connectivity index (χ4n) is 2.18. The van der Waals surface area contributed by atoms with E-state index in [0.717, 1.165) is 25.0 Å². The highest BCUT2D eigenvalue weighted by Crippen LogP contribution is 2.43. The molecule has 0 spiro atoms. The van der Waals surface area contributed by atoms with E-state index in [-0.39, 0.29) is 0 Å². The van der Waals surface area contributed by atoms with Gasteiger partial charge >= 0.3 is 6.18 Å². The van der Waals surface area contributed by atoms with Crippen molar-refractivity contribution in [2.45, 2.75) is 24.6 Å². The molecule has 1 aliphatic rings. The zero-order valence-electron chi connectivity index (χ0n) is 9.75. The fraction of sp³-hybridized carbons (Fsp3) is 0.417. The van der Waals surface area contributed by atoms with E-state index in [4.69, 9.17) is 5.73 Å². The Morgan fingerprint density at radius 2 is 2.00 bits per heavy atom. The molecule has 96 valence electrons. The molecule has 3 nitrogen and oxygen atoms in total. The fourth-order valence-corrected chi connectivity index (χ4v) is 2.18. The van der Waals surface area contributed by atoms with Crippen LogP contribution in [0.15, 0.2) is 18.2 Å². The lowest BCUT2D eigenvalue weighted by Crippen LogP contribution is -2.23. The van der Waals surface area contributed by atoms with E-state index < -0.39 is 17.3 Å². The number of alkyl halides is 3. The van der Waals surface area contributed by atoms with Crippen molar-refractivity contribution in [2.24, 2.45) is 12.8 Å². The first-order valence-corrected chi connectivity index (χ1v) is 5.64. The van der Waals surface area contributed by atoms with E-state index in [2.05, 4.69) is 4.98 Å². The molecule has 2 aromatic rings. The van der Waals surface area contributed by atoms with Gasteiger partial charge in [0, 0.05) is 7.05 Å². The third-order valence-corrected chi connectivity index (χ3v) is 3.44. The highest BCUT2D eigenvalue weighted by atomic mass is 19.4. The molecule has 1 aliphatic carbocycles. The maximum atomic E-state index is 12.6. The monoisotopic (exact) mass is 255 g/mol. The first-order chi connectivity index (χ1) is 8.31. The molecular formula is C12H12F3N3. The molecule has 1 aromatic heterocycles. The Kier molecular flexibility index (Phi) is 2.09. The van der Waals surface area contributed by atoms with Crippen LogP contribution in [0.25, 0.3) is 11.0 Å². The maximum absolute atomic E-state index is 12.6. The van der Waals surface area contributed by atoms with Gasteiger partial charge < -0.3 is 10.3 Å². The Bertz CT molecular complexity index is 623. The van der Waals surface area contributed by atoms with E-state index in [1.54, 1.807) is 11.6 Å². The van der Waals surface area contributed by atoms with Gasteiger partial charge in [-0.1, -0.05) is 0 Å². The number of fused-ring (bicyclic) bond motifs is 1. The molecule has 0 amide bonds. The summed E-state index contributed by atoms with van der Waals surface area (Å²) in [5, 5.41) is 0. The summed E-state index contributed by atoms with van der Waals surface area (Å²) < 4.78 is 39.6. The van der Waals surface area contributed by atoms with Gasteiger partial charge in [0.05, 0.1) is 22.1 Å². The summed E-state index contributed by atoms with van der Waals surface area (Å²) in [6, 6.07) is 3.59. The van der Waals surface area contributed by atoms with Gasteiger partial charge in [0.15, 0.2) is 0 Å². The quantitative estimate of drug-likeness (QED) is 0.851. The number of nitrogens with zero attached hydrogens (tertiary/aromatic N) is 2. The number of nitrogens with two attached hydrogens (primary N) is 1. The van der Waals surface area contributed by atoms with Crippen molar-refractivity contribution in [3.05, 3.63) is 29.6 Å². The van der Waals surface area contributed by atoms with Gasteiger partial charge in [-0.25, -0.2) is 4.98 Å². The molecule has 18 heavy (non-hydrogen) atoms. The summed E-state index contributed by atoms with van der Waals surface area (Å²) in [5.74, 6) is 0.664. The molecule has 3 rings (SSSR count). The number of aryl methyl sites for hydroxylation is 1. The van der Waals surface area contributed by atoms with Crippen molar-refractivity contribution in [3.63, 3.8) is 0 Å². The highest BCUT2D eigenvalue weighted by molar-refractivity contribution is 5.77. The van der Waals surface area contributed by atoms with Crippen LogP contribution in [-0.4, -0.2) is 9.55 Å². The minimum absolute atomic E-state index is 0.346. The molecule has 2 N–H and O–H groups in total. The second-order valence-electron chi connectivity index (χ2n) is 4.85. The van der Waals surface area contributed by atoms with Crippen LogP contribution in [0.4, 0.5) is 13.2 Å². The zero-order valence-corrected chi connectivity index (χ0v) is 9.75. The SMILES string of the molecule is Cn1c(C2(N)CC2)nc2cc(C(F)(F)F)ccc21. The van der Waals surface area contributed by atoms with Gasteiger partial charge in [0.1, 0.15) is 5.82 Å². The second kappa shape index (κ2) is 3.26. The van der Waals surface area contributed by atoms with Gasteiger partial charge in [-0.2, -0.15) is 13.2 Å². The van der Waals surface area contributed by atoms with Crippen molar-refractivity contribution < 1.29 is 13.2 Å². The van der Waals surface area contributed by atoms with Gasteiger partial charge in [-0.3, -0.25) is 0 Å².